The Labute approximate surface area is 98.0 Å². The molecular weight excluding hydrogens is 280 g/mol. The molecule has 0 aromatic heterocycles. The Hall–Kier alpha value is -0.750. The molecule has 0 unspecified atom stereocenters. The van der Waals surface area contributed by atoms with Crippen LogP contribution in [-0.4, -0.2) is 14.2 Å². The van der Waals surface area contributed by atoms with Gasteiger partial charge in [0.2, 0.25) is 10.0 Å². The Morgan fingerprint density at radius 3 is 2.53 bits per heavy atom. The van der Waals surface area contributed by atoms with Gasteiger partial charge in [-0.1, -0.05) is 15.9 Å². The maximum Gasteiger partial charge on any atom is 0.232 e. The number of halogens is 1. The van der Waals surface area contributed by atoms with Gasteiger partial charge in [-0.15, -0.1) is 0 Å². The van der Waals surface area contributed by atoms with Crippen LogP contribution in [0.5, 0.6) is 0 Å². The molecule has 3 N–H and O–H groups in total. The lowest BCUT2D eigenvalue weighted by molar-refractivity contribution is 0.602. The van der Waals surface area contributed by atoms with Gasteiger partial charge >= 0.3 is 0 Å². The molecule has 0 aliphatic carbocycles. The summed E-state index contributed by atoms with van der Waals surface area (Å²) in [6, 6.07) is 3.48. The van der Waals surface area contributed by atoms with Crippen LogP contribution >= 0.6 is 15.9 Å². The SMILES string of the molecule is CCS(=O)(=O)Nc1c(C)cc(Br)cc1N. The fourth-order valence-electron chi connectivity index (χ4n) is 1.14. The number of rotatable bonds is 3. The summed E-state index contributed by atoms with van der Waals surface area (Å²) < 4.78 is 26.0. The molecule has 0 saturated heterocycles. The van der Waals surface area contributed by atoms with Crippen molar-refractivity contribution in [2.45, 2.75) is 13.8 Å². The zero-order valence-electron chi connectivity index (χ0n) is 8.54. The molecular formula is C9H13BrN2O2S. The smallest absolute Gasteiger partial charge is 0.232 e. The van der Waals surface area contributed by atoms with Crippen LogP contribution in [0.2, 0.25) is 0 Å². The summed E-state index contributed by atoms with van der Waals surface area (Å²) in [6.07, 6.45) is 0. The fraction of sp³-hybridized carbons (Fsp3) is 0.333. The predicted molar refractivity (Wildman–Crippen MR) is 66.4 cm³/mol. The first-order valence-corrected chi connectivity index (χ1v) is 6.86. The molecule has 0 heterocycles. The minimum atomic E-state index is -3.28. The Balaban J connectivity index is 3.17. The highest BCUT2D eigenvalue weighted by Gasteiger charge is 2.11. The van der Waals surface area contributed by atoms with Crippen molar-refractivity contribution in [3.05, 3.63) is 22.2 Å². The van der Waals surface area contributed by atoms with Crippen LogP contribution in [0.25, 0.3) is 0 Å². The second-order valence-corrected chi connectivity index (χ2v) is 6.12. The highest BCUT2D eigenvalue weighted by molar-refractivity contribution is 9.10. The lowest BCUT2D eigenvalue weighted by Crippen LogP contribution is -2.16. The van der Waals surface area contributed by atoms with Crippen molar-refractivity contribution in [3.8, 4) is 0 Å². The highest BCUT2D eigenvalue weighted by atomic mass is 79.9. The molecule has 1 aromatic carbocycles. The second kappa shape index (κ2) is 4.40. The molecule has 4 nitrogen and oxygen atoms in total. The summed E-state index contributed by atoms with van der Waals surface area (Å²) in [6.45, 7) is 3.38. The van der Waals surface area contributed by atoms with E-state index in [1.165, 1.54) is 0 Å². The van der Waals surface area contributed by atoms with Crippen molar-refractivity contribution in [3.63, 3.8) is 0 Å². The number of hydrogen-bond donors (Lipinski definition) is 2. The molecule has 0 spiro atoms. The maximum atomic E-state index is 11.4. The molecule has 1 aromatic rings. The Morgan fingerprint density at radius 2 is 2.07 bits per heavy atom. The second-order valence-electron chi connectivity index (χ2n) is 3.19. The zero-order chi connectivity index (χ0) is 11.6. The van der Waals surface area contributed by atoms with Crippen molar-refractivity contribution >= 4 is 37.3 Å². The monoisotopic (exact) mass is 292 g/mol. The summed E-state index contributed by atoms with van der Waals surface area (Å²) in [5, 5.41) is 0. The van der Waals surface area contributed by atoms with E-state index in [1.807, 2.05) is 6.07 Å². The molecule has 0 radical (unpaired) electrons. The first kappa shape index (κ1) is 12.3. The standard InChI is InChI=1S/C9H13BrN2O2S/c1-3-15(13,14)12-9-6(2)4-7(10)5-8(9)11/h4-5,12H,3,11H2,1-2H3. The van der Waals surface area contributed by atoms with Gasteiger partial charge in [0, 0.05) is 4.47 Å². The van der Waals surface area contributed by atoms with Gasteiger partial charge in [-0.2, -0.15) is 0 Å². The molecule has 1 rings (SSSR count). The van der Waals surface area contributed by atoms with Crippen LogP contribution < -0.4 is 10.5 Å². The Kier molecular flexibility index (Phi) is 3.62. The van der Waals surface area contributed by atoms with E-state index < -0.39 is 10.0 Å². The number of hydrogen-bond acceptors (Lipinski definition) is 3. The number of aryl methyl sites for hydroxylation is 1. The van der Waals surface area contributed by atoms with Crippen LogP contribution in [-0.2, 0) is 10.0 Å². The minimum absolute atomic E-state index is 0.0297. The van der Waals surface area contributed by atoms with Gasteiger partial charge in [-0.25, -0.2) is 8.42 Å². The Morgan fingerprint density at radius 1 is 1.47 bits per heavy atom. The van der Waals surface area contributed by atoms with Crippen LogP contribution in [0.15, 0.2) is 16.6 Å². The van der Waals surface area contributed by atoms with Crippen molar-refractivity contribution in [2.75, 3.05) is 16.2 Å². The number of sulfonamides is 1. The van der Waals surface area contributed by atoms with Gasteiger partial charge in [0.1, 0.15) is 0 Å². The summed E-state index contributed by atoms with van der Waals surface area (Å²) in [5.74, 6) is 0.0297. The van der Waals surface area contributed by atoms with Crippen LogP contribution in [0.3, 0.4) is 0 Å². The van der Waals surface area contributed by atoms with E-state index in [4.69, 9.17) is 5.73 Å². The van der Waals surface area contributed by atoms with E-state index in [0.717, 1.165) is 10.0 Å². The van der Waals surface area contributed by atoms with E-state index in [9.17, 15) is 8.42 Å². The summed E-state index contributed by atoms with van der Waals surface area (Å²) >= 11 is 3.29. The third-order valence-corrected chi connectivity index (χ3v) is 3.70. The van der Waals surface area contributed by atoms with E-state index in [2.05, 4.69) is 20.7 Å². The molecule has 84 valence electrons. The molecule has 0 fully saturated rings. The van der Waals surface area contributed by atoms with Gasteiger partial charge in [0.05, 0.1) is 17.1 Å². The summed E-state index contributed by atoms with van der Waals surface area (Å²) in [7, 11) is -3.28. The molecule has 15 heavy (non-hydrogen) atoms. The normalized spacial score (nSPS) is 11.4. The molecule has 0 amide bonds. The molecule has 0 atom stereocenters. The van der Waals surface area contributed by atoms with Gasteiger partial charge in [-0.05, 0) is 31.5 Å². The molecule has 0 aliphatic rings. The van der Waals surface area contributed by atoms with E-state index in [1.54, 1.807) is 19.9 Å². The summed E-state index contributed by atoms with van der Waals surface area (Å²) in [5.41, 5.74) is 7.39. The van der Waals surface area contributed by atoms with Crippen molar-refractivity contribution < 1.29 is 8.42 Å². The van der Waals surface area contributed by atoms with Crippen LogP contribution in [0, 0.1) is 6.92 Å². The first-order chi connectivity index (χ1) is 6.85. The maximum absolute atomic E-state index is 11.4. The molecule has 0 bridgehead atoms. The number of anilines is 2. The van der Waals surface area contributed by atoms with Gasteiger partial charge < -0.3 is 5.73 Å². The minimum Gasteiger partial charge on any atom is -0.397 e. The largest absolute Gasteiger partial charge is 0.397 e. The number of nitrogens with two attached hydrogens (primary N) is 1. The first-order valence-electron chi connectivity index (χ1n) is 4.42. The van der Waals surface area contributed by atoms with Gasteiger partial charge in [0.15, 0.2) is 0 Å². The van der Waals surface area contributed by atoms with Crippen LogP contribution in [0.1, 0.15) is 12.5 Å². The fourth-order valence-corrected chi connectivity index (χ4v) is 2.46. The molecule has 0 aliphatic heterocycles. The van der Waals surface area contributed by atoms with E-state index >= 15 is 0 Å². The third-order valence-electron chi connectivity index (χ3n) is 1.97. The van der Waals surface area contributed by atoms with Crippen molar-refractivity contribution in [1.29, 1.82) is 0 Å². The molecule has 6 heteroatoms. The van der Waals surface area contributed by atoms with Gasteiger partial charge in [0.25, 0.3) is 0 Å². The van der Waals surface area contributed by atoms with Crippen molar-refractivity contribution in [2.24, 2.45) is 0 Å². The number of nitrogen functional groups attached to an aromatic ring is 1. The average Bonchev–Trinajstić information content (AvgIpc) is 2.11. The zero-order valence-corrected chi connectivity index (χ0v) is 10.9. The lowest BCUT2D eigenvalue weighted by atomic mass is 10.2. The van der Waals surface area contributed by atoms with Crippen LogP contribution in [0.4, 0.5) is 11.4 Å². The van der Waals surface area contributed by atoms with Crippen molar-refractivity contribution in [1.82, 2.24) is 0 Å². The van der Waals surface area contributed by atoms with Gasteiger partial charge in [-0.3, -0.25) is 4.72 Å². The highest BCUT2D eigenvalue weighted by Crippen LogP contribution is 2.28. The summed E-state index contributed by atoms with van der Waals surface area (Å²) in [4.78, 5) is 0. The van der Waals surface area contributed by atoms with E-state index in [0.29, 0.717) is 11.4 Å². The predicted octanol–water partition coefficient (Wildman–Crippen LogP) is 2.10. The number of benzene rings is 1. The van der Waals surface area contributed by atoms with E-state index in [-0.39, 0.29) is 5.75 Å². The Bertz CT molecular complexity index is 448. The quantitative estimate of drug-likeness (QED) is 0.838. The average molecular weight is 293 g/mol. The third kappa shape index (κ3) is 3.10. The number of nitrogens with one attached hydrogen (secondary N) is 1. The molecule has 0 saturated carbocycles. The topological polar surface area (TPSA) is 72.2 Å². The lowest BCUT2D eigenvalue weighted by Gasteiger charge is -2.12.